The molecule has 0 spiro atoms. The van der Waals surface area contributed by atoms with Gasteiger partial charge >= 0.3 is 0 Å². The molecule has 0 radical (unpaired) electrons. The van der Waals surface area contributed by atoms with Crippen LogP contribution in [0.25, 0.3) is 0 Å². The standard InChI is InChI=1S/C16H22N2O3/c1-16(5-3-2-4-6-16)15(19)18-12-10-14-13(9-11(12)17)20-7-8-21-14/h9-10H,2-8,17H2,1H3,(H,18,19). The van der Waals surface area contributed by atoms with Gasteiger partial charge in [0.1, 0.15) is 13.2 Å². The van der Waals surface area contributed by atoms with Crippen molar-refractivity contribution < 1.29 is 14.3 Å². The second kappa shape index (κ2) is 5.47. The van der Waals surface area contributed by atoms with Gasteiger partial charge in [-0.1, -0.05) is 26.2 Å². The van der Waals surface area contributed by atoms with Crippen molar-refractivity contribution in [3.05, 3.63) is 12.1 Å². The molecule has 1 aromatic rings. The maximum atomic E-state index is 12.6. The van der Waals surface area contributed by atoms with Crippen LogP contribution in [0.15, 0.2) is 12.1 Å². The molecule has 0 unspecified atom stereocenters. The van der Waals surface area contributed by atoms with Crippen molar-refractivity contribution in [2.45, 2.75) is 39.0 Å². The molecule has 1 amide bonds. The first kappa shape index (κ1) is 14.0. The Balaban J connectivity index is 1.79. The van der Waals surface area contributed by atoms with Gasteiger partial charge in [0.05, 0.1) is 11.4 Å². The van der Waals surface area contributed by atoms with Crippen LogP contribution in [0, 0.1) is 5.41 Å². The summed E-state index contributed by atoms with van der Waals surface area (Å²) in [4.78, 5) is 12.6. The van der Waals surface area contributed by atoms with Crippen LogP contribution in [0.2, 0.25) is 0 Å². The summed E-state index contributed by atoms with van der Waals surface area (Å²) in [5.41, 5.74) is 6.84. The molecular formula is C16H22N2O3. The Morgan fingerprint density at radius 2 is 1.76 bits per heavy atom. The predicted molar refractivity (Wildman–Crippen MR) is 81.7 cm³/mol. The van der Waals surface area contributed by atoms with Crippen molar-refractivity contribution >= 4 is 17.3 Å². The average Bonchev–Trinajstić information content (AvgIpc) is 2.48. The zero-order valence-corrected chi connectivity index (χ0v) is 12.4. The highest BCUT2D eigenvalue weighted by atomic mass is 16.6. The summed E-state index contributed by atoms with van der Waals surface area (Å²) in [6, 6.07) is 3.47. The molecular weight excluding hydrogens is 268 g/mol. The SMILES string of the molecule is CC1(C(=O)Nc2cc3c(cc2N)OCCO3)CCCCC1. The molecule has 2 aliphatic rings. The Morgan fingerprint density at radius 1 is 1.14 bits per heavy atom. The Morgan fingerprint density at radius 3 is 2.43 bits per heavy atom. The molecule has 1 fully saturated rings. The van der Waals surface area contributed by atoms with Crippen molar-refractivity contribution in [2.24, 2.45) is 5.41 Å². The molecule has 3 N–H and O–H groups in total. The van der Waals surface area contributed by atoms with Crippen LogP contribution in [-0.4, -0.2) is 19.1 Å². The van der Waals surface area contributed by atoms with Gasteiger partial charge in [-0.2, -0.15) is 0 Å². The summed E-state index contributed by atoms with van der Waals surface area (Å²) in [5, 5.41) is 2.97. The van der Waals surface area contributed by atoms with Crippen LogP contribution < -0.4 is 20.5 Å². The van der Waals surface area contributed by atoms with E-state index in [9.17, 15) is 4.79 Å². The summed E-state index contributed by atoms with van der Waals surface area (Å²) in [7, 11) is 0. The molecule has 3 rings (SSSR count). The summed E-state index contributed by atoms with van der Waals surface area (Å²) in [6.45, 7) is 3.08. The van der Waals surface area contributed by atoms with Crippen molar-refractivity contribution in [3.63, 3.8) is 0 Å². The summed E-state index contributed by atoms with van der Waals surface area (Å²) >= 11 is 0. The van der Waals surface area contributed by atoms with Crippen LogP contribution in [0.5, 0.6) is 11.5 Å². The van der Waals surface area contributed by atoms with Gasteiger partial charge in [-0.05, 0) is 12.8 Å². The van der Waals surface area contributed by atoms with Gasteiger partial charge < -0.3 is 20.5 Å². The number of fused-ring (bicyclic) bond motifs is 1. The first-order chi connectivity index (χ1) is 10.1. The fourth-order valence-corrected chi connectivity index (χ4v) is 3.05. The molecule has 0 aromatic heterocycles. The third kappa shape index (κ3) is 2.77. The number of nitrogens with two attached hydrogens (primary N) is 1. The molecule has 21 heavy (non-hydrogen) atoms. The third-order valence-electron chi connectivity index (χ3n) is 4.47. The quantitative estimate of drug-likeness (QED) is 0.821. The van der Waals surface area contributed by atoms with Crippen LogP contribution in [-0.2, 0) is 4.79 Å². The van der Waals surface area contributed by atoms with Crippen LogP contribution >= 0.6 is 0 Å². The van der Waals surface area contributed by atoms with E-state index in [1.165, 1.54) is 6.42 Å². The maximum Gasteiger partial charge on any atom is 0.230 e. The summed E-state index contributed by atoms with van der Waals surface area (Å²) < 4.78 is 11.0. The number of amides is 1. The van der Waals surface area contributed by atoms with E-state index in [1.54, 1.807) is 12.1 Å². The Bertz CT molecular complexity index is 551. The van der Waals surface area contributed by atoms with Gasteiger partial charge in [0.2, 0.25) is 5.91 Å². The molecule has 0 atom stereocenters. The lowest BCUT2D eigenvalue weighted by molar-refractivity contribution is -0.126. The number of anilines is 2. The van der Waals surface area contributed by atoms with Crippen LogP contribution in [0.1, 0.15) is 39.0 Å². The molecule has 114 valence electrons. The average molecular weight is 290 g/mol. The third-order valence-corrected chi connectivity index (χ3v) is 4.47. The number of carbonyl (C=O) groups is 1. The number of carbonyl (C=O) groups excluding carboxylic acids is 1. The highest BCUT2D eigenvalue weighted by molar-refractivity contribution is 5.98. The number of nitrogen functional groups attached to an aromatic ring is 1. The molecule has 1 aliphatic heterocycles. The molecule has 1 aliphatic carbocycles. The zero-order chi connectivity index (χ0) is 14.9. The highest BCUT2D eigenvalue weighted by Crippen LogP contribution is 2.40. The molecule has 5 heteroatoms. The van der Waals surface area contributed by atoms with Gasteiger partial charge in [0, 0.05) is 17.5 Å². The fourth-order valence-electron chi connectivity index (χ4n) is 3.05. The van der Waals surface area contributed by atoms with Gasteiger partial charge in [-0.3, -0.25) is 4.79 Å². The van der Waals surface area contributed by atoms with E-state index in [0.29, 0.717) is 36.1 Å². The van der Waals surface area contributed by atoms with Crippen molar-refractivity contribution in [1.29, 1.82) is 0 Å². The van der Waals surface area contributed by atoms with Gasteiger partial charge in [0.15, 0.2) is 11.5 Å². The number of benzene rings is 1. The van der Waals surface area contributed by atoms with Gasteiger partial charge in [-0.15, -0.1) is 0 Å². The van der Waals surface area contributed by atoms with E-state index in [1.807, 2.05) is 6.92 Å². The molecule has 1 heterocycles. The summed E-state index contributed by atoms with van der Waals surface area (Å²) in [6.07, 6.45) is 5.31. The first-order valence-corrected chi connectivity index (χ1v) is 7.59. The number of hydrogen-bond donors (Lipinski definition) is 2. The minimum Gasteiger partial charge on any atom is -0.486 e. The lowest BCUT2D eigenvalue weighted by atomic mass is 9.75. The monoisotopic (exact) mass is 290 g/mol. The zero-order valence-electron chi connectivity index (χ0n) is 12.4. The molecule has 0 saturated heterocycles. The van der Waals surface area contributed by atoms with E-state index >= 15 is 0 Å². The van der Waals surface area contributed by atoms with E-state index in [4.69, 9.17) is 15.2 Å². The number of nitrogens with one attached hydrogen (secondary N) is 1. The fraction of sp³-hybridized carbons (Fsp3) is 0.562. The summed E-state index contributed by atoms with van der Waals surface area (Å²) in [5.74, 6) is 1.32. The maximum absolute atomic E-state index is 12.6. The van der Waals surface area contributed by atoms with E-state index in [0.717, 1.165) is 25.7 Å². The van der Waals surface area contributed by atoms with Crippen molar-refractivity contribution in [1.82, 2.24) is 0 Å². The van der Waals surface area contributed by atoms with Crippen molar-refractivity contribution in [3.8, 4) is 11.5 Å². The molecule has 5 nitrogen and oxygen atoms in total. The number of ether oxygens (including phenoxy) is 2. The predicted octanol–water partition coefficient (Wildman–Crippen LogP) is 2.95. The van der Waals surface area contributed by atoms with Crippen LogP contribution in [0.3, 0.4) is 0 Å². The van der Waals surface area contributed by atoms with Crippen molar-refractivity contribution in [2.75, 3.05) is 24.3 Å². The normalized spacial score (nSPS) is 19.9. The first-order valence-electron chi connectivity index (χ1n) is 7.59. The lowest BCUT2D eigenvalue weighted by Gasteiger charge is -2.32. The molecule has 0 bridgehead atoms. The smallest absolute Gasteiger partial charge is 0.230 e. The van der Waals surface area contributed by atoms with E-state index in [2.05, 4.69) is 5.32 Å². The lowest BCUT2D eigenvalue weighted by Crippen LogP contribution is -2.35. The Hall–Kier alpha value is -1.91. The minimum atomic E-state index is -0.294. The number of hydrogen-bond acceptors (Lipinski definition) is 4. The second-order valence-corrected chi connectivity index (χ2v) is 6.16. The molecule has 1 aromatic carbocycles. The van der Waals surface area contributed by atoms with Gasteiger partial charge in [-0.25, -0.2) is 0 Å². The Kier molecular flexibility index (Phi) is 3.66. The molecule has 1 saturated carbocycles. The second-order valence-electron chi connectivity index (χ2n) is 6.16. The minimum absolute atomic E-state index is 0.0468. The van der Waals surface area contributed by atoms with E-state index < -0.39 is 0 Å². The van der Waals surface area contributed by atoms with E-state index in [-0.39, 0.29) is 11.3 Å². The largest absolute Gasteiger partial charge is 0.486 e. The Labute approximate surface area is 124 Å². The highest BCUT2D eigenvalue weighted by Gasteiger charge is 2.34. The van der Waals surface area contributed by atoms with Gasteiger partial charge in [0.25, 0.3) is 0 Å². The van der Waals surface area contributed by atoms with Crippen LogP contribution in [0.4, 0.5) is 11.4 Å². The number of rotatable bonds is 2. The topological polar surface area (TPSA) is 73.6 Å².